The van der Waals surface area contributed by atoms with Crippen LogP contribution in [0.25, 0.3) is 11.0 Å². The van der Waals surface area contributed by atoms with Crippen LogP contribution >= 0.6 is 11.6 Å². The van der Waals surface area contributed by atoms with Crippen molar-refractivity contribution < 1.29 is 14.6 Å². The third kappa shape index (κ3) is 4.52. The molecule has 1 aliphatic rings. The second kappa shape index (κ2) is 9.87. The highest BCUT2D eigenvalue weighted by Crippen LogP contribution is 2.40. The molecule has 5 rings (SSSR count). The van der Waals surface area contributed by atoms with Crippen molar-refractivity contribution in [3.8, 4) is 11.5 Å². The summed E-state index contributed by atoms with van der Waals surface area (Å²) < 4.78 is 5.95. The number of carbonyl (C=O) groups excluding carboxylic acids is 1. The van der Waals surface area contributed by atoms with Crippen LogP contribution in [0.5, 0.6) is 11.5 Å². The van der Waals surface area contributed by atoms with Crippen LogP contribution in [0, 0.1) is 5.92 Å². The molecule has 0 amide bonds. The van der Waals surface area contributed by atoms with Crippen molar-refractivity contribution in [2.24, 2.45) is 5.92 Å². The molecule has 1 unspecified atom stereocenters. The molecule has 0 aliphatic heterocycles. The van der Waals surface area contributed by atoms with Crippen LogP contribution in [0.1, 0.15) is 41.1 Å². The zero-order chi connectivity index (χ0) is 23.5. The third-order valence-electron chi connectivity index (χ3n) is 6.65. The summed E-state index contributed by atoms with van der Waals surface area (Å²) in [6.45, 7) is 0.181. The van der Waals surface area contributed by atoms with Gasteiger partial charge >= 0.3 is 0 Å². The van der Waals surface area contributed by atoms with Crippen LogP contribution in [-0.4, -0.2) is 34.0 Å². The number of anilines is 1. The number of hydrogen-bond acceptors (Lipinski definition) is 5. The average molecular weight is 476 g/mol. The summed E-state index contributed by atoms with van der Waals surface area (Å²) in [6.07, 6.45) is 5.17. The molecule has 3 atom stereocenters. The summed E-state index contributed by atoms with van der Waals surface area (Å²) in [6, 6.07) is 19.9. The van der Waals surface area contributed by atoms with Crippen molar-refractivity contribution in [1.29, 1.82) is 0 Å². The summed E-state index contributed by atoms with van der Waals surface area (Å²) in [5.41, 5.74) is 3.01. The van der Waals surface area contributed by atoms with Crippen LogP contribution in [0.4, 0.5) is 5.69 Å². The fourth-order valence-electron chi connectivity index (χ4n) is 4.91. The quantitative estimate of drug-likeness (QED) is 0.278. The highest BCUT2D eigenvalue weighted by molar-refractivity contribution is 6.34. The van der Waals surface area contributed by atoms with Gasteiger partial charge in [0.2, 0.25) is 0 Å². The number of aromatic nitrogens is 2. The molecule has 4 aromatic rings. The maximum atomic E-state index is 11.7. The molecule has 2 aromatic heterocycles. The lowest BCUT2D eigenvalue weighted by Crippen LogP contribution is -2.35. The van der Waals surface area contributed by atoms with Crippen molar-refractivity contribution in [3.05, 3.63) is 83.1 Å². The first-order chi connectivity index (χ1) is 16.7. The van der Waals surface area contributed by atoms with Crippen LogP contribution < -0.4 is 10.1 Å². The van der Waals surface area contributed by atoms with Gasteiger partial charge < -0.3 is 20.1 Å². The number of halogens is 1. The van der Waals surface area contributed by atoms with Crippen molar-refractivity contribution in [2.75, 3.05) is 11.9 Å². The Kier molecular flexibility index (Phi) is 6.52. The number of pyridine rings is 1. The van der Waals surface area contributed by atoms with E-state index >= 15 is 0 Å². The number of aromatic amines is 1. The van der Waals surface area contributed by atoms with E-state index in [1.807, 2.05) is 48.5 Å². The number of nitrogens with zero attached hydrogens (tertiary/aromatic N) is 1. The van der Waals surface area contributed by atoms with E-state index in [2.05, 4.69) is 27.4 Å². The van der Waals surface area contributed by atoms with E-state index in [9.17, 15) is 9.90 Å². The number of rotatable bonds is 7. The first-order valence-electron chi connectivity index (χ1n) is 11.5. The van der Waals surface area contributed by atoms with E-state index < -0.39 is 0 Å². The summed E-state index contributed by atoms with van der Waals surface area (Å²) in [4.78, 5) is 19.0. The van der Waals surface area contributed by atoms with Crippen molar-refractivity contribution in [1.82, 2.24) is 9.97 Å². The van der Waals surface area contributed by atoms with Crippen molar-refractivity contribution in [2.45, 2.75) is 31.2 Å². The second-order valence-corrected chi connectivity index (χ2v) is 9.13. The van der Waals surface area contributed by atoms with E-state index in [4.69, 9.17) is 16.3 Å². The molecular weight excluding hydrogens is 450 g/mol. The molecule has 34 heavy (non-hydrogen) atoms. The van der Waals surface area contributed by atoms with Gasteiger partial charge in [0, 0.05) is 30.5 Å². The summed E-state index contributed by atoms with van der Waals surface area (Å²) in [7, 11) is 0. The Morgan fingerprint density at radius 2 is 1.85 bits per heavy atom. The largest absolute Gasteiger partial charge is 0.457 e. The van der Waals surface area contributed by atoms with E-state index in [1.165, 1.54) is 5.56 Å². The summed E-state index contributed by atoms with van der Waals surface area (Å²) in [5.74, 6) is 2.02. The fraction of sp³-hybridized carbons (Fsp3) is 0.259. The number of hydrogen-bond donors (Lipinski definition) is 3. The number of fused-ring (bicyclic) bond motifs is 1. The molecule has 2 aromatic carbocycles. The van der Waals surface area contributed by atoms with Gasteiger partial charge in [0.05, 0.1) is 10.9 Å². The number of aliphatic hydroxyl groups excluding tert-OH is 1. The Labute approximate surface area is 202 Å². The molecule has 1 aliphatic carbocycles. The van der Waals surface area contributed by atoms with Crippen LogP contribution in [0.2, 0.25) is 5.15 Å². The third-order valence-corrected chi connectivity index (χ3v) is 6.95. The predicted molar refractivity (Wildman–Crippen MR) is 134 cm³/mol. The molecule has 174 valence electrons. The van der Waals surface area contributed by atoms with E-state index in [-0.39, 0.29) is 24.5 Å². The summed E-state index contributed by atoms with van der Waals surface area (Å²) in [5, 5.41) is 14.5. The zero-order valence-corrected chi connectivity index (χ0v) is 19.3. The highest BCUT2D eigenvalue weighted by Gasteiger charge is 2.32. The minimum Gasteiger partial charge on any atom is -0.457 e. The Balaban J connectivity index is 1.42. The van der Waals surface area contributed by atoms with Crippen molar-refractivity contribution >= 4 is 34.6 Å². The number of aliphatic hydroxyl groups is 1. The topological polar surface area (TPSA) is 87.2 Å². The number of benzene rings is 2. The zero-order valence-electron chi connectivity index (χ0n) is 18.6. The van der Waals surface area contributed by atoms with Gasteiger partial charge in [-0.3, -0.25) is 4.79 Å². The van der Waals surface area contributed by atoms with Gasteiger partial charge in [-0.1, -0.05) is 41.9 Å². The van der Waals surface area contributed by atoms with Crippen LogP contribution in [-0.2, 0) is 0 Å². The summed E-state index contributed by atoms with van der Waals surface area (Å²) >= 11 is 6.22. The van der Waals surface area contributed by atoms with Gasteiger partial charge in [-0.05, 0) is 61.1 Å². The first-order valence-corrected chi connectivity index (χ1v) is 11.9. The van der Waals surface area contributed by atoms with E-state index in [1.54, 1.807) is 6.20 Å². The lowest BCUT2D eigenvalue weighted by Gasteiger charge is -2.37. The Morgan fingerprint density at radius 1 is 1.09 bits per heavy atom. The van der Waals surface area contributed by atoms with E-state index in [0.29, 0.717) is 21.7 Å². The fourth-order valence-corrected chi connectivity index (χ4v) is 5.14. The number of nitrogens with one attached hydrogen (secondary N) is 2. The smallest absolute Gasteiger partial charge is 0.153 e. The Morgan fingerprint density at radius 3 is 2.59 bits per heavy atom. The molecule has 1 saturated carbocycles. The predicted octanol–water partition coefficient (Wildman–Crippen LogP) is 6.18. The van der Waals surface area contributed by atoms with Gasteiger partial charge in [0.1, 0.15) is 22.3 Å². The van der Waals surface area contributed by atoms with Gasteiger partial charge in [-0.15, -0.1) is 0 Å². The normalized spacial score (nSPS) is 20.2. The number of para-hydroxylation sites is 1. The number of aldehydes is 1. The van der Waals surface area contributed by atoms with Gasteiger partial charge in [-0.2, -0.15) is 0 Å². The minimum atomic E-state index is 0.127. The molecular formula is C27H26ClN3O3. The van der Waals surface area contributed by atoms with Gasteiger partial charge in [-0.25, -0.2) is 4.98 Å². The van der Waals surface area contributed by atoms with Gasteiger partial charge in [0.15, 0.2) is 6.29 Å². The molecule has 3 N–H and O–H groups in total. The first kappa shape index (κ1) is 22.4. The molecule has 0 bridgehead atoms. The standard InChI is InChI=1S/C27H26ClN3O3/c28-26-22(16-33)25-24(12-13-29-27(25)31-26)30-23-11-6-17(15-32)14-21(23)18-7-9-20(10-8-18)34-19-4-2-1-3-5-19/h1-5,7-10,12-13,16-17,21,23,32H,6,11,14-15H2,(H2,29,30,31)/t17-,21?,23-/m1/s1. The molecule has 6 nitrogen and oxygen atoms in total. The maximum Gasteiger partial charge on any atom is 0.153 e. The average Bonchev–Trinajstić information content (AvgIpc) is 3.21. The Bertz CT molecular complexity index is 1270. The SMILES string of the molecule is O=Cc1c(Cl)[nH]c2nccc(N[C@@H]3CC[C@@H](CO)CC3c3ccc(Oc4ccccc4)cc3)c12. The molecule has 7 heteroatoms. The number of carbonyl (C=O) groups is 1. The van der Waals surface area contributed by atoms with Crippen LogP contribution in [0.15, 0.2) is 66.9 Å². The van der Waals surface area contributed by atoms with Gasteiger partial charge in [0.25, 0.3) is 0 Å². The maximum absolute atomic E-state index is 11.7. The lowest BCUT2D eigenvalue weighted by molar-refractivity contribution is 0.112. The van der Waals surface area contributed by atoms with Crippen molar-refractivity contribution in [3.63, 3.8) is 0 Å². The lowest BCUT2D eigenvalue weighted by atomic mass is 9.75. The molecule has 2 heterocycles. The Hall–Kier alpha value is -3.35. The monoisotopic (exact) mass is 475 g/mol. The molecule has 0 spiro atoms. The molecule has 1 fully saturated rings. The minimum absolute atomic E-state index is 0.127. The number of H-pyrrole nitrogens is 1. The van der Waals surface area contributed by atoms with E-state index in [0.717, 1.165) is 42.7 Å². The highest BCUT2D eigenvalue weighted by atomic mass is 35.5. The molecule has 0 radical (unpaired) electrons. The second-order valence-electron chi connectivity index (χ2n) is 8.76. The molecule has 0 saturated heterocycles. The van der Waals surface area contributed by atoms with Crippen LogP contribution in [0.3, 0.4) is 0 Å². The number of ether oxygens (including phenoxy) is 1.